The quantitative estimate of drug-likeness (QED) is 0.778. The van der Waals surface area contributed by atoms with Gasteiger partial charge >= 0.3 is 0 Å². The Morgan fingerprint density at radius 3 is 2.59 bits per heavy atom. The predicted molar refractivity (Wildman–Crippen MR) is 101 cm³/mol. The molecule has 1 saturated heterocycles. The zero-order valence-corrected chi connectivity index (χ0v) is 16.4. The molecule has 1 aromatic rings. The summed E-state index contributed by atoms with van der Waals surface area (Å²) in [5.74, 6) is -0.294. The summed E-state index contributed by atoms with van der Waals surface area (Å²) in [5, 5.41) is 2.75. The van der Waals surface area contributed by atoms with E-state index in [0.717, 1.165) is 0 Å². The van der Waals surface area contributed by atoms with Crippen LogP contribution < -0.4 is 5.32 Å². The number of carbonyl (C=O) groups excluding carboxylic acids is 2. The number of hydrogen-bond donors (Lipinski definition) is 1. The lowest BCUT2D eigenvalue weighted by Gasteiger charge is -2.24. The molecule has 2 amide bonds. The van der Waals surface area contributed by atoms with Gasteiger partial charge in [0.2, 0.25) is 21.8 Å². The molecule has 2 rings (SSSR count). The average molecular weight is 397 g/mol. The van der Waals surface area contributed by atoms with Crippen LogP contribution in [-0.4, -0.2) is 75.9 Å². The Labute approximate surface area is 160 Å². The van der Waals surface area contributed by atoms with Gasteiger partial charge in [-0.15, -0.1) is 0 Å². The maximum absolute atomic E-state index is 12.9. The first kappa shape index (κ1) is 21.3. The van der Waals surface area contributed by atoms with Gasteiger partial charge in [-0.25, -0.2) is 8.42 Å². The monoisotopic (exact) mass is 397 g/mol. The van der Waals surface area contributed by atoms with Crippen molar-refractivity contribution in [2.45, 2.75) is 24.2 Å². The molecule has 9 heteroatoms. The third-order valence-electron chi connectivity index (χ3n) is 4.38. The lowest BCUT2D eigenvalue weighted by Crippen LogP contribution is -2.39. The van der Waals surface area contributed by atoms with Crippen molar-refractivity contribution in [3.63, 3.8) is 0 Å². The van der Waals surface area contributed by atoms with Gasteiger partial charge in [0, 0.05) is 46.3 Å². The van der Waals surface area contributed by atoms with Gasteiger partial charge in [-0.2, -0.15) is 4.31 Å². The fourth-order valence-electron chi connectivity index (χ4n) is 2.89. The highest BCUT2D eigenvalue weighted by Crippen LogP contribution is 2.16. The van der Waals surface area contributed by atoms with Crippen LogP contribution >= 0.6 is 0 Å². The molecule has 1 aliphatic heterocycles. The fraction of sp³-hybridized carbons (Fsp3) is 0.556. The molecule has 0 radical (unpaired) electrons. The van der Waals surface area contributed by atoms with Crippen LogP contribution in [0.2, 0.25) is 0 Å². The van der Waals surface area contributed by atoms with Crippen LogP contribution in [0.25, 0.3) is 0 Å². The predicted octanol–water partition coefficient (Wildman–Crippen LogP) is 0.452. The third kappa shape index (κ3) is 6.30. The first-order valence-corrected chi connectivity index (χ1v) is 10.5. The average Bonchev–Trinajstić information content (AvgIpc) is 2.71. The molecule has 27 heavy (non-hydrogen) atoms. The van der Waals surface area contributed by atoms with E-state index in [1.807, 2.05) is 0 Å². The molecule has 0 aromatic heterocycles. The number of nitrogens with one attached hydrogen (secondary N) is 1. The number of carbonyl (C=O) groups is 2. The van der Waals surface area contributed by atoms with Crippen molar-refractivity contribution >= 4 is 21.8 Å². The summed E-state index contributed by atoms with van der Waals surface area (Å²) in [4.78, 5) is 26.2. The highest BCUT2D eigenvalue weighted by atomic mass is 32.2. The second-order valence-corrected chi connectivity index (χ2v) is 8.23. The smallest absolute Gasteiger partial charge is 0.243 e. The topological polar surface area (TPSA) is 96.0 Å². The van der Waals surface area contributed by atoms with E-state index in [4.69, 9.17) is 4.74 Å². The highest BCUT2D eigenvalue weighted by Gasteiger charge is 2.25. The van der Waals surface area contributed by atoms with Gasteiger partial charge in [0.1, 0.15) is 0 Å². The zero-order chi connectivity index (χ0) is 19.7. The summed E-state index contributed by atoms with van der Waals surface area (Å²) in [7, 11) is -2.15. The van der Waals surface area contributed by atoms with E-state index in [0.29, 0.717) is 32.7 Å². The van der Waals surface area contributed by atoms with Crippen molar-refractivity contribution in [3.8, 4) is 0 Å². The number of nitrogens with zero attached hydrogens (tertiary/aromatic N) is 2. The first-order chi connectivity index (χ1) is 12.9. The standard InChI is InChI=1S/C18H27N3O5S/c1-26-15-9-18(23)20-11-5-12-21(13-8-17(22)19-10-14-20)27(24,25)16-6-3-2-4-7-16/h2-4,6-7H,5,8-15H2,1H3,(H,19,22). The van der Waals surface area contributed by atoms with Gasteiger partial charge in [-0.3, -0.25) is 9.59 Å². The normalized spacial score (nSPS) is 17.8. The summed E-state index contributed by atoms with van der Waals surface area (Å²) in [5.41, 5.74) is 0. The van der Waals surface area contributed by atoms with Crippen LogP contribution in [0, 0.1) is 0 Å². The number of methoxy groups -OCH3 is 1. The molecule has 0 atom stereocenters. The minimum Gasteiger partial charge on any atom is -0.384 e. The summed E-state index contributed by atoms with van der Waals surface area (Å²) in [6.45, 7) is 1.87. The van der Waals surface area contributed by atoms with E-state index in [9.17, 15) is 18.0 Å². The van der Waals surface area contributed by atoms with E-state index in [1.54, 1.807) is 35.2 Å². The van der Waals surface area contributed by atoms with E-state index >= 15 is 0 Å². The fourth-order valence-corrected chi connectivity index (χ4v) is 4.39. The van der Waals surface area contributed by atoms with E-state index in [-0.39, 0.29) is 42.6 Å². The lowest BCUT2D eigenvalue weighted by molar-refractivity contribution is -0.132. The summed E-state index contributed by atoms with van der Waals surface area (Å²) in [6.07, 6.45) is 0.846. The van der Waals surface area contributed by atoms with Crippen molar-refractivity contribution in [2.75, 3.05) is 46.4 Å². The lowest BCUT2D eigenvalue weighted by atomic mass is 10.3. The zero-order valence-electron chi connectivity index (χ0n) is 15.6. The SMILES string of the molecule is COCCC(=O)N1CCCN(S(=O)(=O)c2ccccc2)CCC(=O)NCC1. The van der Waals surface area contributed by atoms with Gasteiger partial charge in [0.05, 0.1) is 17.9 Å². The summed E-state index contributed by atoms with van der Waals surface area (Å²) >= 11 is 0. The van der Waals surface area contributed by atoms with Crippen LogP contribution in [0.15, 0.2) is 35.2 Å². The molecular formula is C18H27N3O5S. The Kier molecular flexibility index (Phi) is 8.21. The summed E-state index contributed by atoms with van der Waals surface area (Å²) < 4.78 is 32.1. The molecule has 1 N–H and O–H groups in total. The Morgan fingerprint density at radius 2 is 1.89 bits per heavy atom. The second kappa shape index (κ2) is 10.4. The van der Waals surface area contributed by atoms with Gasteiger partial charge in [-0.1, -0.05) is 18.2 Å². The molecule has 150 valence electrons. The van der Waals surface area contributed by atoms with Crippen molar-refractivity contribution < 1.29 is 22.7 Å². The molecule has 0 unspecified atom stereocenters. The van der Waals surface area contributed by atoms with Crippen LogP contribution in [0.5, 0.6) is 0 Å². The van der Waals surface area contributed by atoms with Gasteiger partial charge in [-0.05, 0) is 18.6 Å². The molecule has 1 aromatic carbocycles. The minimum atomic E-state index is -3.69. The van der Waals surface area contributed by atoms with Crippen LogP contribution in [0.1, 0.15) is 19.3 Å². The number of benzene rings is 1. The van der Waals surface area contributed by atoms with Crippen LogP contribution in [0.4, 0.5) is 0 Å². The van der Waals surface area contributed by atoms with E-state index < -0.39 is 10.0 Å². The van der Waals surface area contributed by atoms with Crippen LogP contribution in [-0.2, 0) is 24.3 Å². The van der Waals surface area contributed by atoms with Crippen molar-refractivity contribution in [3.05, 3.63) is 30.3 Å². The second-order valence-electron chi connectivity index (χ2n) is 6.29. The Morgan fingerprint density at radius 1 is 1.15 bits per heavy atom. The number of hydrogen-bond acceptors (Lipinski definition) is 5. The van der Waals surface area contributed by atoms with Crippen LogP contribution in [0.3, 0.4) is 0 Å². The number of sulfonamides is 1. The largest absolute Gasteiger partial charge is 0.384 e. The maximum Gasteiger partial charge on any atom is 0.243 e. The van der Waals surface area contributed by atoms with Gasteiger partial charge in [0.25, 0.3) is 0 Å². The summed E-state index contributed by atoms with van der Waals surface area (Å²) in [6, 6.07) is 8.18. The Hall–Kier alpha value is -1.97. The van der Waals surface area contributed by atoms with Gasteiger partial charge < -0.3 is 15.0 Å². The molecule has 0 bridgehead atoms. The first-order valence-electron chi connectivity index (χ1n) is 9.04. The minimum absolute atomic E-state index is 0.0668. The molecule has 0 saturated carbocycles. The maximum atomic E-state index is 12.9. The van der Waals surface area contributed by atoms with Crippen molar-refractivity contribution in [1.82, 2.24) is 14.5 Å². The molecule has 1 heterocycles. The van der Waals surface area contributed by atoms with E-state index in [1.165, 1.54) is 11.4 Å². The van der Waals surface area contributed by atoms with Crippen molar-refractivity contribution in [2.24, 2.45) is 0 Å². The molecule has 0 aliphatic carbocycles. The van der Waals surface area contributed by atoms with E-state index in [2.05, 4.69) is 5.32 Å². The van der Waals surface area contributed by atoms with Gasteiger partial charge in [0.15, 0.2) is 0 Å². The number of amides is 2. The molecule has 1 fully saturated rings. The highest BCUT2D eigenvalue weighted by molar-refractivity contribution is 7.89. The Balaban J connectivity index is 2.12. The third-order valence-corrected chi connectivity index (χ3v) is 6.29. The number of rotatable bonds is 5. The number of ether oxygens (including phenoxy) is 1. The molecule has 0 spiro atoms. The molecular weight excluding hydrogens is 370 g/mol. The molecule has 1 aliphatic rings. The molecule has 8 nitrogen and oxygen atoms in total. The van der Waals surface area contributed by atoms with Crippen molar-refractivity contribution in [1.29, 1.82) is 0 Å². The Bertz CT molecular complexity index is 724.